The standard InChI is InChI=1S/C18H30BrNO/c1-18(2,3)13-6-4-12(5-7-13)17(21)20-15-8-9-16(20)11-14(19)10-15/h12-16H,4-11H2,1-3H3. The second-order valence-electron chi connectivity index (χ2n) is 8.61. The van der Waals surface area contributed by atoms with Gasteiger partial charge in [-0.2, -0.15) is 0 Å². The highest BCUT2D eigenvalue weighted by atomic mass is 79.9. The van der Waals surface area contributed by atoms with Crippen LogP contribution in [0.25, 0.3) is 0 Å². The van der Waals surface area contributed by atoms with Crippen molar-refractivity contribution >= 4 is 21.8 Å². The average molecular weight is 356 g/mol. The number of nitrogens with zero attached hydrogens (tertiary/aromatic N) is 1. The molecule has 120 valence electrons. The number of alkyl halides is 1. The van der Waals surface area contributed by atoms with Crippen LogP contribution in [0.3, 0.4) is 0 Å². The first-order valence-electron chi connectivity index (χ1n) is 8.82. The topological polar surface area (TPSA) is 20.3 Å². The summed E-state index contributed by atoms with van der Waals surface area (Å²) in [4.78, 5) is 15.9. The highest BCUT2D eigenvalue weighted by molar-refractivity contribution is 9.09. The SMILES string of the molecule is CC(C)(C)C1CCC(C(=O)N2C3CCC2CC(Br)C3)CC1. The van der Waals surface area contributed by atoms with Crippen molar-refractivity contribution in [3.63, 3.8) is 0 Å². The number of halogens is 1. The normalized spacial score (nSPS) is 40.4. The number of hydrogen-bond donors (Lipinski definition) is 0. The molecule has 21 heavy (non-hydrogen) atoms. The van der Waals surface area contributed by atoms with Crippen molar-refractivity contribution in [3.8, 4) is 0 Å². The van der Waals surface area contributed by atoms with Gasteiger partial charge in [-0.05, 0) is 62.7 Å². The van der Waals surface area contributed by atoms with E-state index in [1.807, 2.05) is 0 Å². The number of fused-ring (bicyclic) bond motifs is 2. The molecule has 2 saturated heterocycles. The smallest absolute Gasteiger partial charge is 0.226 e. The van der Waals surface area contributed by atoms with Gasteiger partial charge in [0.05, 0.1) is 0 Å². The van der Waals surface area contributed by atoms with Crippen molar-refractivity contribution < 1.29 is 4.79 Å². The predicted octanol–water partition coefficient (Wildman–Crippen LogP) is 4.76. The molecule has 3 aliphatic rings. The van der Waals surface area contributed by atoms with Crippen LogP contribution in [-0.2, 0) is 4.79 Å². The number of carbonyl (C=O) groups is 1. The Labute approximate surface area is 138 Å². The van der Waals surface area contributed by atoms with Crippen molar-refractivity contribution in [3.05, 3.63) is 0 Å². The van der Waals surface area contributed by atoms with E-state index in [4.69, 9.17) is 0 Å². The van der Waals surface area contributed by atoms with Gasteiger partial charge in [-0.15, -0.1) is 0 Å². The van der Waals surface area contributed by atoms with Gasteiger partial charge in [0.1, 0.15) is 0 Å². The number of rotatable bonds is 1. The fourth-order valence-corrected chi connectivity index (χ4v) is 5.75. The minimum absolute atomic E-state index is 0.318. The molecule has 0 aromatic rings. The Bertz CT molecular complexity index is 381. The molecule has 1 amide bonds. The van der Waals surface area contributed by atoms with Gasteiger partial charge in [-0.25, -0.2) is 0 Å². The molecule has 3 heteroatoms. The van der Waals surface area contributed by atoms with E-state index in [0.29, 0.717) is 34.2 Å². The highest BCUT2D eigenvalue weighted by Gasteiger charge is 2.45. The van der Waals surface area contributed by atoms with Crippen molar-refractivity contribution in [1.82, 2.24) is 4.90 Å². The lowest BCUT2D eigenvalue weighted by molar-refractivity contribution is -0.141. The van der Waals surface area contributed by atoms with Crippen molar-refractivity contribution in [2.45, 2.75) is 89.0 Å². The second kappa shape index (κ2) is 5.86. The van der Waals surface area contributed by atoms with Crippen LogP contribution in [0.15, 0.2) is 0 Å². The van der Waals surface area contributed by atoms with Crippen molar-refractivity contribution in [2.75, 3.05) is 0 Å². The van der Waals surface area contributed by atoms with Gasteiger partial charge < -0.3 is 4.90 Å². The third kappa shape index (κ3) is 3.18. The van der Waals surface area contributed by atoms with Gasteiger partial charge >= 0.3 is 0 Å². The van der Waals surface area contributed by atoms with E-state index in [9.17, 15) is 4.79 Å². The zero-order chi connectivity index (χ0) is 15.2. The van der Waals surface area contributed by atoms with Gasteiger partial charge in [0.15, 0.2) is 0 Å². The Morgan fingerprint density at radius 1 is 0.952 bits per heavy atom. The number of hydrogen-bond acceptors (Lipinski definition) is 1. The zero-order valence-electron chi connectivity index (χ0n) is 13.8. The first-order chi connectivity index (χ1) is 9.86. The Morgan fingerprint density at radius 3 is 1.95 bits per heavy atom. The maximum atomic E-state index is 13.0. The fourth-order valence-electron chi connectivity index (χ4n) is 4.89. The van der Waals surface area contributed by atoms with Crippen LogP contribution in [0.1, 0.15) is 72.1 Å². The van der Waals surface area contributed by atoms with E-state index in [1.54, 1.807) is 0 Å². The maximum absolute atomic E-state index is 13.0. The van der Waals surface area contributed by atoms with Crippen molar-refractivity contribution in [2.24, 2.45) is 17.3 Å². The predicted molar refractivity (Wildman–Crippen MR) is 90.5 cm³/mol. The summed E-state index contributed by atoms with van der Waals surface area (Å²) in [6.07, 6.45) is 9.52. The highest BCUT2D eigenvalue weighted by Crippen LogP contribution is 2.43. The summed E-state index contributed by atoms with van der Waals surface area (Å²) in [5, 5.41) is 0. The molecule has 0 aromatic heterocycles. The summed E-state index contributed by atoms with van der Waals surface area (Å²) in [5.74, 6) is 1.61. The lowest BCUT2D eigenvalue weighted by Crippen LogP contribution is -2.49. The van der Waals surface area contributed by atoms with E-state index in [2.05, 4.69) is 41.6 Å². The molecule has 3 rings (SSSR count). The summed E-state index contributed by atoms with van der Waals surface area (Å²) in [7, 11) is 0. The van der Waals surface area contributed by atoms with Crippen LogP contribution in [0, 0.1) is 17.3 Å². The molecule has 2 heterocycles. The van der Waals surface area contributed by atoms with E-state index in [0.717, 1.165) is 18.8 Å². The van der Waals surface area contributed by atoms with Crippen LogP contribution in [0.5, 0.6) is 0 Å². The minimum atomic E-state index is 0.318. The number of carbonyl (C=O) groups excluding carboxylic acids is 1. The van der Waals surface area contributed by atoms with Gasteiger partial charge in [0.2, 0.25) is 5.91 Å². The number of amides is 1. The van der Waals surface area contributed by atoms with E-state index < -0.39 is 0 Å². The molecule has 2 aliphatic heterocycles. The lowest BCUT2D eigenvalue weighted by Gasteiger charge is -2.42. The molecule has 3 fully saturated rings. The molecule has 1 aliphatic carbocycles. The van der Waals surface area contributed by atoms with Gasteiger partial charge in [0.25, 0.3) is 0 Å². The van der Waals surface area contributed by atoms with Crippen LogP contribution in [0.2, 0.25) is 0 Å². The first-order valence-corrected chi connectivity index (χ1v) is 9.74. The molecule has 2 unspecified atom stereocenters. The maximum Gasteiger partial charge on any atom is 0.226 e. The second-order valence-corrected chi connectivity index (χ2v) is 9.91. The fraction of sp³-hybridized carbons (Fsp3) is 0.944. The molecular weight excluding hydrogens is 326 g/mol. The van der Waals surface area contributed by atoms with Crippen LogP contribution in [-0.4, -0.2) is 27.7 Å². The van der Waals surface area contributed by atoms with Crippen molar-refractivity contribution in [1.29, 1.82) is 0 Å². The number of piperidine rings is 1. The molecule has 1 saturated carbocycles. The summed E-state index contributed by atoms with van der Waals surface area (Å²) in [5.41, 5.74) is 0.404. The molecule has 2 atom stereocenters. The first kappa shape index (κ1) is 15.8. The third-order valence-electron chi connectivity index (χ3n) is 6.23. The van der Waals surface area contributed by atoms with E-state index >= 15 is 0 Å². The van der Waals surface area contributed by atoms with E-state index in [1.165, 1.54) is 38.5 Å². The molecule has 2 nitrogen and oxygen atoms in total. The van der Waals surface area contributed by atoms with Gasteiger partial charge in [-0.3, -0.25) is 4.79 Å². The van der Waals surface area contributed by atoms with Gasteiger partial charge in [-0.1, -0.05) is 36.7 Å². The third-order valence-corrected chi connectivity index (χ3v) is 6.98. The van der Waals surface area contributed by atoms with Crippen LogP contribution >= 0.6 is 15.9 Å². The summed E-state index contributed by atoms with van der Waals surface area (Å²) < 4.78 is 0. The quantitative estimate of drug-likeness (QED) is 0.621. The lowest BCUT2D eigenvalue weighted by atomic mass is 9.69. The zero-order valence-corrected chi connectivity index (χ0v) is 15.4. The van der Waals surface area contributed by atoms with Crippen LogP contribution in [0.4, 0.5) is 0 Å². The Hall–Kier alpha value is -0.0500. The monoisotopic (exact) mass is 355 g/mol. The molecule has 0 aromatic carbocycles. The van der Waals surface area contributed by atoms with Crippen LogP contribution < -0.4 is 0 Å². The summed E-state index contributed by atoms with van der Waals surface area (Å²) in [6.45, 7) is 7.04. The average Bonchev–Trinajstić information content (AvgIpc) is 2.69. The molecule has 0 radical (unpaired) electrons. The van der Waals surface area contributed by atoms with Gasteiger partial charge in [0, 0.05) is 22.8 Å². The Balaban J connectivity index is 1.60. The Morgan fingerprint density at radius 2 is 1.48 bits per heavy atom. The Kier molecular flexibility index (Phi) is 4.42. The molecular formula is C18H30BrNO. The summed E-state index contributed by atoms with van der Waals surface area (Å²) in [6, 6.07) is 1.06. The summed E-state index contributed by atoms with van der Waals surface area (Å²) >= 11 is 3.77. The molecule has 0 spiro atoms. The molecule has 0 N–H and O–H groups in total. The minimum Gasteiger partial charge on any atom is -0.336 e. The largest absolute Gasteiger partial charge is 0.336 e. The van der Waals surface area contributed by atoms with E-state index in [-0.39, 0.29) is 0 Å². The molecule has 2 bridgehead atoms.